The van der Waals surface area contributed by atoms with Gasteiger partial charge < -0.3 is 10.6 Å². The Hall–Kier alpha value is -2.10. The Balaban J connectivity index is 1.82. The fraction of sp³-hybridized carbons (Fsp3) is 0.333. The number of nitrogens with zero attached hydrogens (tertiary/aromatic N) is 3. The molecule has 1 aliphatic carbocycles. The second-order valence-electron chi connectivity index (χ2n) is 5.30. The zero-order chi connectivity index (χ0) is 12.8. The van der Waals surface area contributed by atoms with Crippen LogP contribution in [0.2, 0.25) is 0 Å². The topological polar surface area (TPSA) is 54.5 Å². The Morgan fingerprint density at radius 1 is 1.16 bits per heavy atom. The summed E-state index contributed by atoms with van der Waals surface area (Å²) in [5.41, 5.74) is 7.29. The number of guanidine groups is 1. The van der Waals surface area contributed by atoms with Crippen molar-refractivity contribution in [1.29, 1.82) is 0 Å². The molecule has 1 aliphatic heterocycles. The first kappa shape index (κ1) is 10.8. The second-order valence-corrected chi connectivity index (χ2v) is 5.30. The SMILES string of the molecule is NC1=NCC(c2cncc3ccccc23)N1C1CC1. The molecule has 0 saturated heterocycles. The highest BCUT2D eigenvalue weighted by molar-refractivity contribution is 5.87. The Bertz CT molecular complexity index is 655. The molecular weight excluding hydrogens is 236 g/mol. The fourth-order valence-electron chi connectivity index (χ4n) is 2.96. The molecule has 4 rings (SSSR count). The number of fused-ring (bicyclic) bond motifs is 1. The summed E-state index contributed by atoms with van der Waals surface area (Å²) in [6, 6.07) is 9.22. The van der Waals surface area contributed by atoms with E-state index in [4.69, 9.17) is 5.73 Å². The smallest absolute Gasteiger partial charge is 0.192 e. The molecule has 0 bridgehead atoms. The molecule has 0 radical (unpaired) electrons. The molecule has 1 atom stereocenters. The van der Waals surface area contributed by atoms with Crippen LogP contribution in [0.5, 0.6) is 0 Å². The van der Waals surface area contributed by atoms with Gasteiger partial charge in [-0.15, -0.1) is 0 Å². The van der Waals surface area contributed by atoms with Crippen molar-refractivity contribution in [2.24, 2.45) is 10.7 Å². The van der Waals surface area contributed by atoms with Crippen LogP contribution < -0.4 is 5.73 Å². The summed E-state index contributed by atoms with van der Waals surface area (Å²) in [5, 5.41) is 2.44. The largest absolute Gasteiger partial charge is 0.370 e. The maximum absolute atomic E-state index is 6.05. The van der Waals surface area contributed by atoms with Crippen LogP contribution in [0, 0.1) is 0 Å². The van der Waals surface area contributed by atoms with Crippen molar-refractivity contribution in [2.75, 3.05) is 6.54 Å². The summed E-state index contributed by atoms with van der Waals surface area (Å²) in [6.07, 6.45) is 6.34. The predicted octanol–water partition coefficient (Wildman–Crippen LogP) is 2.07. The maximum Gasteiger partial charge on any atom is 0.192 e. The highest BCUT2D eigenvalue weighted by Crippen LogP contribution is 2.38. The van der Waals surface area contributed by atoms with Crippen molar-refractivity contribution in [2.45, 2.75) is 24.9 Å². The van der Waals surface area contributed by atoms with E-state index in [1.807, 2.05) is 18.5 Å². The summed E-state index contributed by atoms with van der Waals surface area (Å²) in [7, 11) is 0. The van der Waals surface area contributed by atoms with Crippen LogP contribution in [0.15, 0.2) is 41.7 Å². The van der Waals surface area contributed by atoms with Crippen molar-refractivity contribution in [3.05, 3.63) is 42.2 Å². The van der Waals surface area contributed by atoms with Gasteiger partial charge in [-0.3, -0.25) is 9.98 Å². The van der Waals surface area contributed by atoms with Gasteiger partial charge in [0, 0.05) is 29.4 Å². The van der Waals surface area contributed by atoms with E-state index in [9.17, 15) is 0 Å². The van der Waals surface area contributed by atoms with Gasteiger partial charge in [-0.1, -0.05) is 24.3 Å². The summed E-state index contributed by atoms with van der Waals surface area (Å²) < 4.78 is 0. The Morgan fingerprint density at radius 3 is 2.84 bits per heavy atom. The monoisotopic (exact) mass is 252 g/mol. The van der Waals surface area contributed by atoms with Gasteiger partial charge in [0.05, 0.1) is 12.6 Å². The Kier molecular flexibility index (Phi) is 2.24. The molecule has 1 saturated carbocycles. The molecule has 96 valence electrons. The number of benzene rings is 1. The number of aromatic nitrogens is 1. The average molecular weight is 252 g/mol. The lowest BCUT2D eigenvalue weighted by molar-refractivity contribution is 0.339. The van der Waals surface area contributed by atoms with E-state index in [-0.39, 0.29) is 6.04 Å². The molecule has 2 aliphatic rings. The molecule has 0 amide bonds. The third-order valence-corrected chi connectivity index (χ3v) is 4.02. The van der Waals surface area contributed by atoms with Crippen LogP contribution in [-0.4, -0.2) is 28.4 Å². The maximum atomic E-state index is 6.05. The lowest BCUT2D eigenvalue weighted by Crippen LogP contribution is -2.37. The number of aliphatic imine (C=N–C) groups is 1. The number of rotatable bonds is 2. The van der Waals surface area contributed by atoms with Gasteiger partial charge in [-0.05, 0) is 18.2 Å². The third-order valence-electron chi connectivity index (χ3n) is 4.02. The average Bonchev–Trinajstić information content (AvgIpc) is 3.21. The van der Waals surface area contributed by atoms with Crippen molar-refractivity contribution >= 4 is 16.7 Å². The van der Waals surface area contributed by atoms with Gasteiger partial charge >= 0.3 is 0 Å². The molecular formula is C15H16N4. The summed E-state index contributed by atoms with van der Waals surface area (Å²) >= 11 is 0. The first-order chi connectivity index (χ1) is 9.34. The van der Waals surface area contributed by atoms with E-state index in [0.717, 1.165) is 6.54 Å². The fourth-order valence-corrected chi connectivity index (χ4v) is 2.96. The van der Waals surface area contributed by atoms with E-state index >= 15 is 0 Å². The van der Waals surface area contributed by atoms with Gasteiger partial charge in [0.25, 0.3) is 0 Å². The zero-order valence-electron chi connectivity index (χ0n) is 10.7. The summed E-state index contributed by atoms with van der Waals surface area (Å²) in [4.78, 5) is 11.1. The highest BCUT2D eigenvalue weighted by Gasteiger charge is 2.39. The second kappa shape index (κ2) is 3.95. The zero-order valence-corrected chi connectivity index (χ0v) is 10.7. The van der Waals surface area contributed by atoms with Crippen LogP contribution in [0.4, 0.5) is 0 Å². The van der Waals surface area contributed by atoms with Crippen LogP contribution in [-0.2, 0) is 0 Å². The molecule has 1 aromatic carbocycles. The van der Waals surface area contributed by atoms with E-state index in [1.165, 1.54) is 29.2 Å². The normalized spacial score (nSPS) is 22.8. The van der Waals surface area contributed by atoms with Crippen LogP contribution in [0.25, 0.3) is 10.8 Å². The van der Waals surface area contributed by atoms with E-state index in [2.05, 4.69) is 33.1 Å². The number of pyridine rings is 1. The van der Waals surface area contributed by atoms with Gasteiger partial charge in [-0.25, -0.2) is 0 Å². The molecule has 19 heavy (non-hydrogen) atoms. The van der Waals surface area contributed by atoms with Crippen LogP contribution in [0.1, 0.15) is 24.4 Å². The molecule has 1 unspecified atom stereocenters. The first-order valence-corrected chi connectivity index (χ1v) is 6.75. The Labute approximate surface area is 112 Å². The van der Waals surface area contributed by atoms with E-state index < -0.39 is 0 Å². The van der Waals surface area contributed by atoms with Gasteiger partial charge in [0.15, 0.2) is 5.96 Å². The van der Waals surface area contributed by atoms with Crippen molar-refractivity contribution in [3.8, 4) is 0 Å². The highest BCUT2D eigenvalue weighted by atomic mass is 15.4. The molecule has 1 aromatic heterocycles. The molecule has 1 fully saturated rings. The van der Waals surface area contributed by atoms with Gasteiger partial charge in [-0.2, -0.15) is 0 Å². The van der Waals surface area contributed by atoms with Gasteiger partial charge in [0.2, 0.25) is 0 Å². The first-order valence-electron chi connectivity index (χ1n) is 6.75. The minimum Gasteiger partial charge on any atom is -0.370 e. The van der Waals surface area contributed by atoms with Crippen LogP contribution >= 0.6 is 0 Å². The number of nitrogens with two attached hydrogens (primary N) is 1. The minimum atomic E-state index is 0.256. The predicted molar refractivity (Wildman–Crippen MR) is 75.8 cm³/mol. The Morgan fingerprint density at radius 2 is 2.00 bits per heavy atom. The molecule has 0 spiro atoms. The van der Waals surface area contributed by atoms with E-state index in [1.54, 1.807) is 0 Å². The third kappa shape index (κ3) is 1.67. The molecule has 4 nitrogen and oxygen atoms in total. The molecule has 2 aromatic rings. The standard InChI is InChI=1S/C15H16N4/c16-15-18-9-14(19(15)11-5-6-11)13-8-17-7-10-3-1-2-4-12(10)13/h1-4,7-8,11,14H,5-6,9H2,(H2,16,18). The van der Waals surface area contributed by atoms with Gasteiger partial charge in [0.1, 0.15) is 0 Å². The summed E-state index contributed by atoms with van der Waals surface area (Å²) in [5.74, 6) is 0.695. The molecule has 2 N–H and O–H groups in total. The lowest BCUT2D eigenvalue weighted by Gasteiger charge is -2.27. The minimum absolute atomic E-state index is 0.256. The number of hydrogen-bond acceptors (Lipinski definition) is 4. The summed E-state index contributed by atoms with van der Waals surface area (Å²) in [6.45, 7) is 0.748. The van der Waals surface area contributed by atoms with Crippen molar-refractivity contribution < 1.29 is 0 Å². The lowest BCUT2D eigenvalue weighted by atomic mass is 10.0. The molecule has 4 heteroatoms. The van der Waals surface area contributed by atoms with Crippen molar-refractivity contribution in [1.82, 2.24) is 9.88 Å². The quantitative estimate of drug-likeness (QED) is 0.890. The van der Waals surface area contributed by atoms with E-state index in [0.29, 0.717) is 12.0 Å². The number of hydrogen-bond donors (Lipinski definition) is 1. The van der Waals surface area contributed by atoms with Crippen molar-refractivity contribution in [3.63, 3.8) is 0 Å². The van der Waals surface area contributed by atoms with Crippen LogP contribution in [0.3, 0.4) is 0 Å². The molecule has 2 heterocycles.